The fourth-order valence-corrected chi connectivity index (χ4v) is 3.55. The first-order valence-corrected chi connectivity index (χ1v) is 8.28. The van der Waals surface area contributed by atoms with Crippen molar-refractivity contribution in [1.29, 1.82) is 0 Å². The summed E-state index contributed by atoms with van der Waals surface area (Å²) in [5, 5.41) is 0. The Morgan fingerprint density at radius 2 is 1.84 bits per heavy atom. The SMILES string of the molecule is Cc1nc(N)nc2c1C(=O)CC(c1cccc(-c3ccncc3)c1)C2. The molecule has 0 aliphatic heterocycles. The number of aromatic nitrogens is 3. The smallest absolute Gasteiger partial charge is 0.220 e. The second-order valence-corrected chi connectivity index (χ2v) is 6.38. The van der Waals surface area contributed by atoms with Gasteiger partial charge in [-0.15, -0.1) is 0 Å². The largest absolute Gasteiger partial charge is 0.368 e. The molecule has 0 saturated carbocycles. The van der Waals surface area contributed by atoms with E-state index in [0.29, 0.717) is 24.1 Å². The minimum absolute atomic E-state index is 0.0954. The number of fused-ring (bicyclic) bond motifs is 1. The van der Waals surface area contributed by atoms with Crippen molar-refractivity contribution in [3.63, 3.8) is 0 Å². The molecule has 0 spiro atoms. The first kappa shape index (κ1) is 15.4. The molecule has 1 aliphatic carbocycles. The van der Waals surface area contributed by atoms with Gasteiger partial charge in [0.2, 0.25) is 5.95 Å². The van der Waals surface area contributed by atoms with Gasteiger partial charge in [-0.1, -0.05) is 24.3 Å². The Morgan fingerprint density at radius 3 is 2.64 bits per heavy atom. The molecule has 4 rings (SSSR count). The molecule has 5 heteroatoms. The van der Waals surface area contributed by atoms with Gasteiger partial charge >= 0.3 is 0 Å². The molecule has 5 nitrogen and oxygen atoms in total. The van der Waals surface area contributed by atoms with Crippen LogP contribution < -0.4 is 5.73 Å². The summed E-state index contributed by atoms with van der Waals surface area (Å²) < 4.78 is 0. The number of nitrogens with zero attached hydrogens (tertiary/aromatic N) is 3. The summed E-state index contributed by atoms with van der Waals surface area (Å²) in [6, 6.07) is 12.3. The van der Waals surface area contributed by atoms with Gasteiger partial charge in [-0.2, -0.15) is 0 Å². The summed E-state index contributed by atoms with van der Waals surface area (Å²) in [4.78, 5) is 25.1. The van der Waals surface area contributed by atoms with Crippen molar-refractivity contribution in [2.75, 3.05) is 5.73 Å². The number of hydrogen-bond donors (Lipinski definition) is 1. The highest BCUT2D eigenvalue weighted by molar-refractivity contribution is 5.99. The first-order chi connectivity index (χ1) is 12.1. The standard InChI is InChI=1S/C20H18N4O/c1-12-19-17(24-20(21)23-12)10-16(11-18(19)25)15-4-2-3-14(9-15)13-5-7-22-8-6-13/h2-9,16H,10-11H2,1H3,(H2,21,23,24). The van der Waals surface area contributed by atoms with Crippen LogP contribution in [-0.2, 0) is 6.42 Å². The van der Waals surface area contributed by atoms with Crippen LogP contribution >= 0.6 is 0 Å². The molecule has 3 aromatic rings. The van der Waals surface area contributed by atoms with Crippen LogP contribution in [0.15, 0.2) is 48.8 Å². The summed E-state index contributed by atoms with van der Waals surface area (Å²) >= 11 is 0. The zero-order valence-corrected chi connectivity index (χ0v) is 13.9. The molecular weight excluding hydrogens is 312 g/mol. The number of benzene rings is 1. The molecule has 1 unspecified atom stereocenters. The third kappa shape index (κ3) is 2.89. The molecular formula is C20H18N4O. The van der Waals surface area contributed by atoms with E-state index in [0.717, 1.165) is 22.4 Å². The van der Waals surface area contributed by atoms with Crippen LogP contribution in [0.1, 0.15) is 39.6 Å². The molecule has 25 heavy (non-hydrogen) atoms. The van der Waals surface area contributed by atoms with Gasteiger partial charge in [0.25, 0.3) is 0 Å². The highest BCUT2D eigenvalue weighted by Crippen LogP contribution is 2.34. The van der Waals surface area contributed by atoms with Gasteiger partial charge in [0.05, 0.1) is 17.0 Å². The second-order valence-electron chi connectivity index (χ2n) is 6.38. The normalized spacial score (nSPS) is 16.5. The lowest BCUT2D eigenvalue weighted by Crippen LogP contribution is -2.22. The Labute approximate surface area is 146 Å². The predicted octanol–water partition coefficient (Wildman–Crippen LogP) is 3.34. The van der Waals surface area contributed by atoms with E-state index in [-0.39, 0.29) is 17.6 Å². The van der Waals surface area contributed by atoms with Crippen LogP contribution in [0, 0.1) is 6.92 Å². The number of hydrogen-bond acceptors (Lipinski definition) is 5. The average Bonchev–Trinajstić information content (AvgIpc) is 2.61. The third-order valence-electron chi connectivity index (χ3n) is 4.70. The van der Waals surface area contributed by atoms with Crippen LogP contribution in [0.4, 0.5) is 5.95 Å². The van der Waals surface area contributed by atoms with Gasteiger partial charge in [0.15, 0.2) is 5.78 Å². The van der Waals surface area contributed by atoms with E-state index < -0.39 is 0 Å². The molecule has 0 radical (unpaired) electrons. The maximum Gasteiger partial charge on any atom is 0.220 e. The Kier molecular flexibility index (Phi) is 3.76. The van der Waals surface area contributed by atoms with Crippen LogP contribution in [0.3, 0.4) is 0 Å². The number of rotatable bonds is 2. The van der Waals surface area contributed by atoms with Gasteiger partial charge in [-0.05, 0) is 48.1 Å². The molecule has 1 aliphatic rings. The molecule has 0 fully saturated rings. The molecule has 2 N–H and O–H groups in total. The summed E-state index contributed by atoms with van der Waals surface area (Å²) in [5.41, 5.74) is 11.2. The minimum Gasteiger partial charge on any atom is -0.368 e. The van der Waals surface area contributed by atoms with E-state index in [4.69, 9.17) is 5.73 Å². The quantitative estimate of drug-likeness (QED) is 0.779. The van der Waals surface area contributed by atoms with Crippen LogP contribution in [0.2, 0.25) is 0 Å². The number of nitrogens with two attached hydrogens (primary N) is 1. The van der Waals surface area contributed by atoms with E-state index in [1.165, 1.54) is 0 Å². The number of carbonyl (C=O) groups is 1. The van der Waals surface area contributed by atoms with E-state index in [2.05, 4.69) is 33.2 Å². The lowest BCUT2D eigenvalue weighted by molar-refractivity contribution is 0.0962. The number of anilines is 1. The monoisotopic (exact) mass is 330 g/mol. The summed E-state index contributed by atoms with van der Waals surface area (Å²) in [5.74, 6) is 0.434. The van der Waals surface area contributed by atoms with E-state index in [9.17, 15) is 4.79 Å². The molecule has 1 atom stereocenters. The Hall–Kier alpha value is -3.08. The number of aryl methyl sites for hydroxylation is 1. The predicted molar refractivity (Wildman–Crippen MR) is 96.2 cm³/mol. The van der Waals surface area contributed by atoms with E-state index in [1.807, 2.05) is 25.1 Å². The third-order valence-corrected chi connectivity index (χ3v) is 4.70. The molecule has 2 aromatic heterocycles. The van der Waals surface area contributed by atoms with Crippen LogP contribution in [0.25, 0.3) is 11.1 Å². The number of carbonyl (C=O) groups excluding carboxylic acids is 1. The van der Waals surface area contributed by atoms with E-state index >= 15 is 0 Å². The van der Waals surface area contributed by atoms with Gasteiger partial charge in [0, 0.05) is 18.8 Å². The maximum atomic E-state index is 12.6. The Morgan fingerprint density at radius 1 is 1.04 bits per heavy atom. The Balaban J connectivity index is 1.71. The zero-order valence-electron chi connectivity index (χ0n) is 13.9. The average molecular weight is 330 g/mol. The van der Waals surface area contributed by atoms with Gasteiger partial charge < -0.3 is 5.73 Å². The fraction of sp³-hybridized carbons (Fsp3) is 0.200. The summed E-state index contributed by atoms with van der Waals surface area (Å²) in [6.07, 6.45) is 4.74. The fourth-order valence-electron chi connectivity index (χ4n) is 3.55. The minimum atomic E-state index is 0.0954. The van der Waals surface area contributed by atoms with Crippen LogP contribution in [-0.4, -0.2) is 20.7 Å². The molecule has 124 valence electrons. The Bertz CT molecular complexity index is 953. The number of nitrogen functional groups attached to an aromatic ring is 1. The summed E-state index contributed by atoms with van der Waals surface area (Å²) in [7, 11) is 0. The number of ketones is 1. The summed E-state index contributed by atoms with van der Waals surface area (Å²) in [6.45, 7) is 1.82. The number of pyridine rings is 1. The lowest BCUT2D eigenvalue weighted by atomic mass is 9.80. The lowest BCUT2D eigenvalue weighted by Gasteiger charge is -2.24. The highest BCUT2D eigenvalue weighted by atomic mass is 16.1. The molecule has 0 bridgehead atoms. The van der Waals surface area contributed by atoms with Crippen molar-refractivity contribution in [3.05, 3.63) is 71.3 Å². The van der Waals surface area contributed by atoms with Crippen molar-refractivity contribution in [2.24, 2.45) is 0 Å². The molecule has 0 amide bonds. The van der Waals surface area contributed by atoms with E-state index in [1.54, 1.807) is 12.4 Å². The maximum absolute atomic E-state index is 12.6. The first-order valence-electron chi connectivity index (χ1n) is 8.28. The topological polar surface area (TPSA) is 81.8 Å². The van der Waals surface area contributed by atoms with Crippen molar-refractivity contribution in [3.8, 4) is 11.1 Å². The van der Waals surface area contributed by atoms with Gasteiger partial charge in [-0.3, -0.25) is 9.78 Å². The zero-order chi connectivity index (χ0) is 17.4. The van der Waals surface area contributed by atoms with Crippen molar-refractivity contribution in [1.82, 2.24) is 15.0 Å². The van der Waals surface area contributed by atoms with Crippen LogP contribution in [0.5, 0.6) is 0 Å². The van der Waals surface area contributed by atoms with Crippen molar-refractivity contribution in [2.45, 2.75) is 25.7 Å². The van der Waals surface area contributed by atoms with Crippen molar-refractivity contribution >= 4 is 11.7 Å². The molecule has 2 heterocycles. The highest BCUT2D eigenvalue weighted by Gasteiger charge is 2.29. The van der Waals surface area contributed by atoms with Crippen molar-refractivity contribution < 1.29 is 4.79 Å². The van der Waals surface area contributed by atoms with Gasteiger partial charge in [0.1, 0.15) is 0 Å². The molecule has 1 aromatic carbocycles. The second kappa shape index (κ2) is 6.09. The van der Waals surface area contributed by atoms with Gasteiger partial charge in [-0.25, -0.2) is 9.97 Å². The number of Topliss-reactive ketones (excluding diaryl/α,β-unsaturated/α-hetero) is 1. The molecule has 0 saturated heterocycles.